The van der Waals surface area contributed by atoms with Crippen LogP contribution >= 0.6 is 0 Å². The highest BCUT2D eigenvalue weighted by molar-refractivity contribution is 6.17. The summed E-state index contributed by atoms with van der Waals surface area (Å²) < 4.78 is 13.6. The maximum absolute atomic E-state index is 13.6. The van der Waals surface area contributed by atoms with E-state index in [1.54, 1.807) is 18.2 Å². The lowest BCUT2D eigenvalue weighted by molar-refractivity contribution is 0.0690. The van der Waals surface area contributed by atoms with E-state index < -0.39 is 5.97 Å². The number of carboxylic acids is 1. The Morgan fingerprint density at radius 3 is 2.36 bits per heavy atom. The second kappa shape index (κ2) is 9.70. The summed E-state index contributed by atoms with van der Waals surface area (Å²) in [5, 5.41) is 12.8. The first-order valence-corrected chi connectivity index (χ1v) is 11.8. The summed E-state index contributed by atoms with van der Waals surface area (Å²) in [4.78, 5) is 26.6. The molecule has 1 aliphatic carbocycles. The van der Waals surface area contributed by atoms with Gasteiger partial charge in [0.05, 0.1) is 0 Å². The molecular formula is C31H24FNO3. The van der Waals surface area contributed by atoms with Gasteiger partial charge in [-0.2, -0.15) is 0 Å². The summed E-state index contributed by atoms with van der Waals surface area (Å²) in [7, 11) is 0. The minimum atomic E-state index is -0.990. The molecule has 0 aliphatic heterocycles. The number of hydrogen-bond donors (Lipinski definition) is 1. The molecule has 1 N–H and O–H groups in total. The number of benzene rings is 4. The maximum Gasteiger partial charge on any atom is 0.354 e. The molecule has 6 rings (SSSR count). The lowest BCUT2D eigenvalue weighted by Gasteiger charge is -2.27. The van der Waals surface area contributed by atoms with Crippen molar-refractivity contribution in [3.8, 4) is 0 Å². The number of aromatic carboxylic acids is 1. The number of aromatic nitrogens is 1. The molecule has 0 spiro atoms. The molecule has 4 nitrogen and oxygen atoms in total. The number of carboxylic acid groups (broad SMARTS) is 1. The Morgan fingerprint density at radius 2 is 1.64 bits per heavy atom. The highest BCUT2D eigenvalue weighted by Gasteiger charge is 2.29. The van der Waals surface area contributed by atoms with Gasteiger partial charge in [-0.1, -0.05) is 60.7 Å². The zero-order chi connectivity index (χ0) is 25.2. The van der Waals surface area contributed by atoms with Crippen molar-refractivity contribution in [3.05, 3.63) is 125 Å². The van der Waals surface area contributed by atoms with Crippen molar-refractivity contribution < 1.29 is 19.1 Å². The second-order valence-corrected chi connectivity index (χ2v) is 8.95. The number of pyridine rings is 1. The number of halogens is 1. The van der Waals surface area contributed by atoms with Crippen molar-refractivity contribution in [1.82, 2.24) is 4.98 Å². The number of aryl methyl sites for hydroxylation is 1. The predicted octanol–water partition coefficient (Wildman–Crippen LogP) is 7.33. The van der Waals surface area contributed by atoms with E-state index in [-0.39, 0.29) is 23.2 Å². The third kappa shape index (κ3) is 4.36. The molecule has 4 aromatic carbocycles. The van der Waals surface area contributed by atoms with Gasteiger partial charge in [0, 0.05) is 24.1 Å². The van der Waals surface area contributed by atoms with Crippen LogP contribution in [0.25, 0.3) is 21.5 Å². The normalized spacial score (nSPS) is 14.7. The van der Waals surface area contributed by atoms with Gasteiger partial charge in [0.2, 0.25) is 0 Å². The van der Waals surface area contributed by atoms with E-state index in [0.717, 1.165) is 39.4 Å². The predicted molar refractivity (Wildman–Crippen MR) is 139 cm³/mol. The number of ketones is 1. The fourth-order valence-corrected chi connectivity index (χ4v) is 5.11. The number of hydrogen-bond acceptors (Lipinski definition) is 3. The summed E-state index contributed by atoms with van der Waals surface area (Å²) in [6, 6.07) is 26.4. The first kappa shape index (κ1) is 23.4. The molecule has 1 unspecified atom stereocenters. The number of nitrogens with zero attached hydrogens (tertiary/aromatic N) is 1. The number of fused-ring (bicyclic) bond motifs is 5. The van der Waals surface area contributed by atoms with Crippen molar-refractivity contribution in [1.29, 1.82) is 0 Å². The molecule has 0 saturated carbocycles. The molecule has 0 fully saturated rings. The Balaban J connectivity index is 0.000000252. The summed E-state index contributed by atoms with van der Waals surface area (Å²) in [6.07, 6.45) is 2.75. The highest BCUT2D eigenvalue weighted by atomic mass is 19.1. The van der Waals surface area contributed by atoms with E-state index in [2.05, 4.69) is 41.4 Å². The summed E-state index contributed by atoms with van der Waals surface area (Å²) >= 11 is 0. The van der Waals surface area contributed by atoms with Gasteiger partial charge < -0.3 is 5.11 Å². The van der Waals surface area contributed by atoms with E-state index >= 15 is 0 Å². The van der Waals surface area contributed by atoms with E-state index in [0.29, 0.717) is 6.42 Å². The molecule has 0 amide bonds. The van der Waals surface area contributed by atoms with Crippen LogP contribution in [0.1, 0.15) is 56.3 Å². The van der Waals surface area contributed by atoms with E-state index in [1.165, 1.54) is 29.1 Å². The van der Waals surface area contributed by atoms with Gasteiger partial charge in [0.25, 0.3) is 0 Å². The van der Waals surface area contributed by atoms with Crippen LogP contribution in [0.5, 0.6) is 0 Å². The Kier molecular flexibility index (Phi) is 6.30. The molecule has 1 aromatic heterocycles. The average Bonchev–Trinajstić information content (AvgIpc) is 2.90. The van der Waals surface area contributed by atoms with Crippen LogP contribution < -0.4 is 0 Å². The number of Topliss-reactive ketones (excluding diaryl/α,β-unsaturated/α-hetero) is 1. The smallest absolute Gasteiger partial charge is 0.354 e. The minimum Gasteiger partial charge on any atom is -0.477 e. The van der Waals surface area contributed by atoms with Crippen LogP contribution in [0.3, 0.4) is 0 Å². The molecule has 5 aromatic rings. The lowest BCUT2D eigenvalue weighted by atomic mass is 9.75. The Morgan fingerprint density at radius 1 is 0.889 bits per heavy atom. The molecule has 1 heterocycles. The largest absolute Gasteiger partial charge is 0.477 e. The number of rotatable bonds is 2. The van der Waals surface area contributed by atoms with Gasteiger partial charge in [0.15, 0.2) is 5.78 Å². The van der Waals surface area contributed by atoms with Crippen LogP contribution in [0, 0.1) is 12.7 Å². The first-order chi connectivity index (χ1) is 17.4. The molecule has 0 saturated heterocycles. The third-order valence-electron chi connectivity index (χ3n) is 6.76. The maximum atomic E-state index is 13.6. The first-order valence-electron chi connectivity index (χ1n) is 11.8. The molecule has 0 bridgehead atoms. The quantitative estimate of drug-likeness (QED) is 0.270. The van der Waals surface area contributed by atoms with Crippen molar-refractivity contribution in [3.63, 3.8) is 0 Å². The van der Waals surface area contributed by atoms with Crippen LogP contribution in [0.4, 0.5) is 4.39 Å². The van der Waals surface area contributed by atoms with Gasteiger partial charge in [-0.05, 0) is 75.8 Å². The summed E-state index contributed by atoms with van der Waals surface area (Å²) in [6.45, 7) is 1.95. The van der Waals surface area contributed by atoms with Crippen molar-refractivity contribution in [2.75, 3.05) is 0 Å². The summed E-state index contributed by atoms with van der Waals surface area (Å²) in [5.41, 5.74) is 4.06. The van der Waals surface area contributed by atoms with Gasteiger partial charge in [0.1, 0.15) is 11.5 Å². The zero-order valence-corrected chi connectivity index (χ0v) is 19.7. The molecule has 178 valence electrons. The van der Waals surface area contributed by atoms with E-state index in [4.69, 9.17) is 5.11 Å². The second-order valence-electron chi connectivity index (χ2n) is 8.95. The number of carbonyl (C=O) groups excluding carboxylic acids is 1. The Labute approximate surface area is 208 Å². The van der Waals surface area contributed by atoms with Gasteiger partial charge >= 0.3 is 5.97 Å². The van der Waals surface area contributed by atoms with Gasteiger partial charge in [-0.15, -0.1) is 0 Å². The average molecular weight is 478 g/mol. The molecule has 36 heavy (non-hydrogen) atoms. The Hall–Kier alpha value is -4.38. The van der Waals surface area contributed by atoms with Crippen LogP contribution in [-0.4, -0.2) is 21.8 Å². The van der Waals surface area contributed by atoms with Crippen molar-refractivity contribution >= 4 is 33.3 Å². The third-order valence-corrected chi connectivity index (χ3v) is 6.76. The van der Waals surface area contributed by atoms with Gasteiger partial charge in [-0.3, -0.25) is 4.79 Å². The molecule has 5 heteroatoms. The fraction of sp³-hybridized carbons (Fsp3) is 0.129. The summed E-state index contributed by atoms with van der Waals surface area (Å²) in [5.74, 6) is -0.861. The molecule has 0 radical (unpaired) electrons. The molecular weight excluding hydrogens is 453 g/mol. The standard InChI is InChI=1S/C25H19FO.C6H5NO2/c1-15-14-17(26)7-9-18(15)20-12-13-24(27)25-22-8-6-16-4-2-3-5-19(16)21(22)10-11-23(20)25;8-6(9)5-3-1-2-4-7-5/h2-11,14,20H,12-13H2,1H3;1-4H,(H,8,9). The van der Waals surface area contributed by atoms with Crippen LogP contribution in [0.2, 0.25) is 0 Å². The van der Waals surface area contributed by atoms with Crippen molar-refractivity contribution in [2.45, 2.75) is 25.7 Å². The molecule has 1 aliphatic rings. The molecule has 1 atom stereocenters. The SMILES string of the molecule is Cc1cc(F)ccc1C1CCC(=O)c2c1ccc1c2ccc2ccccc21.O=C(O)c1ccccn1. The fourth-order valence-electron chi connectivity index (χ4n) is 5.11. The number of carbonyl (C=O) groups is 2. The zero-order valence-electron chi connectivity index (χ0n) is 19.7. The monoisotopic (exact) mass is 477 g/mol. The highest BCUT2D eigenvalue weighted by Crippen LogP contribution is 2.42. The Bertz CT molecular complexity index is 1610. The minimum absolute atomic E-state index is 0.0810. The topological polar surface area (TPSA) is 67.3 Å². The van der Waals surface area contributed by atoms with Gasteiger partial charge in [-0.25, -0.2) is 14.2 Å². The van der Waals surface area contributed by atoms with Crippen molar-refractivity contribution in [2.24, 2.45) is 0 Å². The van der Waals surface area contributed by atoms with Crippen LogP contribution in [-0.2, 0) is 0 Å². The van der Waals surface area contributed by atoms with E-state index in [1.807, 2.05) is 25.1 Å². The lowest BCUT2D eigenvalue weighted by Crippen LogP contribution is -2.18. The van der Waals surface area contributed by atoms with Crippen LogP contribution in [0.15, 0.2) is 91.1 Å². The van der Waals surface area contributed by atoms with E-state index in [9.17, 15) is 14.0 Å².